The van der Waals surface area contributed by atoms with Crippen LogP contribution in [-0.4, -0.2) is 19.8 Å². The molecule has 0 radical (unpaired) electrons. The van der Waals surface area contributed by atoms with E-state index in [0.717, 1.165) is 48.5 Å². The van der Waals surface area contributed by atoms with Crippen molar-refractivity contribution in [2.24, 2.45) is 0 Å². The maximum atomic E-state index is 5.96. The molecule has 0 amide bonds. The summed E-state index contributed by atoms with van der Waals surface area (Å²) in [7, 11) is 0. The molecule has 1 rings (SSSR count). The van der Waals surface area contributed by atoms with Gasteiger partial charge in [0.2, 0.25) is 5.75 Å². The molecule has 0 unspecified atom stereocenters. The maximum absolute atomic E-state index is 5.96. The lowest BCUT2D eigenvalue weighted by molar-refractivity contribution is 0.241. The van der Waals surface area contributed by atoms with Gasteiger partial charge in [-0.15, -0.1) is 12.3 Å². The van der Waals surface area contributed by atoms with Crippen LogP contribution in [0, 0.1) is 12.3 Å². The van der Waals surface area contributed by atoms with Gasteiger partial charge in [-0.05, 0) is 37.3 Å². The van der Waals surface area contributed by atoms with Crippen molar-refractivity contribution in [1.82, 2.24) is 0 Å². The van der Waals surface area contributed by atoms with Crippen molar-refractivity contribution < 1.29 is 14.2 Å². The van der Waals surface area contributed by atoms with Gasteiger partial charge in [0, 0.05) is 6.42 Å². The predicted octanol–water partition coefficient (Wildman–Crippen LogP) is 4.62. The van der Waals surface area contributed by atoms with Gasteiger partial charge in [0.1, 0.15) is 0 Å². The lowest BCUT2D eigenvalue weighted by Crippen LogP contribution is -2.07. The van der Waals surface area contributed by atoms with Gasteiger partial charge in [0.05, 0.1) is 19.8 Å². The van der Waals surface area contributed by atoms with E-state index in [0.29, 0.717) is 26.2 Å². The Kier molecular flexibility index (Phi) is 8.98. The molecule has 3 nitrogen and oxygen atoms in total. The second kappa shape index (κ2) is 10.8. The van der Waals surface area contributed by atoms with Crippen molar-refractivity contribution in [3.8, 4) is 29.6 Å². The highest BCUT2D eigenvalue weighted by Gasteiger charge is 2.17. The van der Waals surface area contributed by atoms with Gasteiger partial charge in [-0.3, -0.25) is 0 Å². The quantitative estimate of drug-likeness (QED) is 0.558. The molecule has 122 valence electrons. The SMILES string of the molecule is C#CCCc1ccc(OCCC)c(OCCC)c1OCCC. The van der Waals surface area contributed by atoms with Crippen LogP contribution in [0.15, 0.2) is 12.1 Å². The fraction of sp³-hybridized carbons (Fsp3) is 0.579. The zero-order chi connectivity index (χ0) is 16.2. The molecule has 3 heteroatoms. The fourth-order valence-corrected chi connectivity index (χ4v) is 2.02. The molecular formula is C19H28O3. The highest BCUT2D eigenvalue weighted by molar-refractivity contribution is 5.56. The first-order chi connectivity index (χ1) is 10.8. The standard InChI is InChI=1S/C19H28O3/c1-5-9-10-16-11-12-17(20-13-6-2)19(22-15-8-4)18(16)21-14-7-3/h1,11-12H,6-10,13-15H2,2-4H3. The van der Waals surface area contributed by atoms with Crippen molar-refractivity contribution in [3.05, 3.63) is 17.7 Å². The molecule has 0 aliphatic carbocycles. The summed E-state index contributed by atoms with van der Waals surface area (Å²) in [5, 5.41) is 0. The largest absolute Gasteiger partial charge is 0.490 e. The van der Waals surface area contributed by atoms with Crippen molar-refractivity contribution in [2.45, 2.75) is 52.9 Å². The smallest absolute Gasteiger partial charge is 0.203 e. The Hall–Kier alpha value is -1.82. The molecule has 0 saturated heterocycles. The van der Waals surface area contributed by atoms with Gasteiger partial charge in [-0.25, -0.2) is 0 Å². The van der Waals surface area contributed by atoms with Crippen LogP contribution in [0.5, 0.6) is 17.2 Å². The normalized spacial score (nSPS) is 10.1. The molecule has 0 aliphatic heterocycles. The third-order valence-electron chi connectivity index (χ3n) is 3.06. The molecule has 0 bridgehead atoms. The third kappa shape index (κ3) is 5.52. The summed E-state index contributed by atoms with van der Waals surface area (Å²) >= 11 is 0. The number of hydrogen-bond acceptors (Lipinski definition) is 3. The number of aryl methyl sites for hydroxylation is 1. The molecule has 0 N–H and O–H groups in total. The lowest BCUT2D eigenvalue weighted by atomic mass is 10.1. The van der Waals surface area contributed by atoms with Crippen LogP contribution in [0.2, 0.25) is 0 Å². The summed E-state index contributed by atoms with van der Waals surface area (Å²) in [6.07, 6.45) is 9.70. The minimum absolute atomic E-state index is 0.642. The van der Waals surface area contributed by atoms with Crippen LogP contribution in [0.4, 0.5) is 0 Å². The summed E-state index contributed by atoms with van der Waals surface area (Å²) in [6.45, 7) is 8.22. The minimum atomic E-state index is 0.642. The molecule has 0 heterocycles. The first kappa shape index (κ1) is 18.2. The van der Waals surface area contributed by atoms with E-state index in [1.54, 1.807) is 0 Å². The Morgan fingerprint density at radius 2 is 1.45 bits per heavy atom. The molecule has 0 atom stereocenters. The second-order valence-corrected chi connectivity index (χ2v) is 5.13. The lowest BCUT2D eigenvalue weighted by Gasteiger charge is -2.19. The van der Waals surface area contributed by atoms with Gasteiger partial charge < -0.3 is 14.2 Å². The van der Waals surface area contributed by atoms with E-state index < -0.39 is 0 Å². The van der Waals surface area contributed by atoms with Gasteiger partial charge in [0.25, 0.3) is 0 Å². The van der Waals surface area contributed by atoms with E-state index >= 15 is 0 Å². The summed E-state index contributed by atoms with van der Waals surface area (Å²) in [5.41, 5.74) is 1.08. The predicted molar refractivity (Wildman–Crippen MR) is 91.0 cm³/mol. The fourth-order valence-electron chi connectivity index (χ4n) is 2.02. The van der Waals surface area contributed by atoms with Gasteiger partial charge in [-0.1, -0.05) is 26.8 Å². The maximum Gasteiger partial charge on any atom is 0.203 e. The van der Waals surface area contributed by atoms with E-state index in [-0.39, 0.29) is 0 Å². The Balaban J connectivity index is 3.14. The average Bonchev–Trinajstić information content (AvgIpc) is 2.55. The van der Waals surface area contributed by atoms with E-state index in [2.05, 4.69) is 26.7 Å². The van der Waals surface area contributed by atoms with Crippen molar-refractivity contribution in [2.75, 3.05) is 19.8 Å². The molecule has 0 aliphatic rings. The molecular weight excluding hydrogens is 276 g/mol. The van der Waals surface area contributed by atoms with Crippen LogP contribution >= 0.6 is 0 Å². The molecule has 0 fully saturated rings. The number of benzene rings is 1. The number of ether oxygens (including phenoxy) is 3. The molecule has 1 aromatic rings. The monoisotopic (exact) mass is 304 g/mol. The number of hydrogen-bond donors (Lipinski definition) is 0. The van der Waals surface area contributed by atoms with Crippen molar-refractivity contribution in [1.29, 1.82) is 0 Å². The number of rotatable bonds is 11. The molecule has 1 aromatic carbocycles. The van der Waals surface area contributed by atoms with Crippen LogP contribution in [-0.2, 0) is 6.42 Å². The van der Waals surface area contributed by atoms with Gasteiger partial charge in [0.15, 0.2) is 11.5 Å². The van der Waals surface area contributed by atoms with E-state index in [4.69, 9.17) is 20.6 Å². The summed E-state index contributed by atoms with van der Waals surface area (Å²) in [6, 6.07) is 4.00. The Morgan fingerprint density at radius 3 is 2.05 bits per heavy atom. The Labute approximate surface area is 135 Å². The molecule has 0 saturated carbocycles. The number of terminal acetylenes is 1. The van der Waals surface area contributed by atoms with Gasteiger partial charge >= 0.3 is 0 Å². The average molecular weight is 304 g/mol. The van der Waals surface area contributed by atoms with Crippen molar-refractivity contribution in [3.63, 3.8) is 0 Å². The first-order valence-corrected chi connectivity index (χ1v) is 8.26. The van der Waals surface area contributed by atoms with Crippen LogP contribution in [0.25, 0.3) is 0 Å². The molecule has 0 aromatic heterocycles. The molecule has 22 heavy (non-hydrogen) atoms. The summed E-state index contributed by atoms with van der Waals surface area (Å²) in [5.74, 6) is 4.95. The summed E-state index contributed by atoms with van der Waals surface area (Å²) in [4.78, 5) is 0. The van der Waals surface area contributed by atoms with Crippen LogP contribution in [0.1, 0.15) is 52.0 Å². The van der Waals surface area contributed by atoms with Crippen LogP contribution in [0.3, 0.4) is 0 Å². The van der Waals surface area contributed by atoms with Gasteiger partial charge in [-0.2, -0.15) is 0 Å². The van der Waals surface area contributed by atoms with E-state index in [1.807, 2.05) is 12.1 Å². The zero-order valence-corrected chi connectivity index (χ0v) is 14.1. The third-order valence-corrected chi connectivity index (χ3v) is 3.06. The highest BCUT2D eigenvalue weighted by Crippen LogP contribution is 2.41. The summed E-state index contributed by atoms with van der Waals surface area (Å²) < 4.78 is 17.7. The second-order valence-electron chi connectivity index (χ2n) is 5.13. The Bertz CT molecular complexity index is 474. The topological polar surface area (TPSA) is 27.7 Å². The van der Waals surface area contributed by atoms with E-state index in [1.165, 1.54) is 0 Å². The molecule has 0 spiro atoms. The van der Waals surface area contributed by atoms with E-state index in [9.17, 15) is 0 Å². The highest BCUT2D eigenvalue weighted by atomic mass is 16.5. The first-order valence-electron chi connectivity index (χ1n) is 8.26. The van der Waals surface area contributed by atoms with Crippen LogP contribution < -0.4 is 14.2 Å². The minimum Gasteiger partial charge on any atom is -0.490 e. The Morgan fingerprint density at radius 1 is 0.864 bits per heavy atom. The van der Waals surface area contributed by atoms with Crippen molar-refractivity contribution >= 4 is 0 Å². The zero-order valence-electron chi connectivity index (χ0n) is 14.1.